The Morgan fingerprint density at radius 2 is 2.13 bits per heavy atom. The fourth-order valence-electron chi connectivity index (χ4n) is 1.81. The molecule has 0 aliphatic rings. The van der Waals surface area contributed by atoms with Crippen LogP contribution >= 0.6 is 0 Å². The van der Waals surface area contributed by atoms with Gasteiger partial charge in [-0.15, -0.1) is 0 Å². The molecule has 2 rings (SSSR count). The van der Waals surface area contributed by atoms with Crippen LogP contribution in [0.25, 0.3) is 10.9 Å². The Kier molecular flexibility index (Phi) is 2.11. The molecule has 1 amide bonds. The van der Waals surface area contributed by atoms with E-state index in [9.17, 15) is 10.0 Å². The number of carbonyl (C=O) groups is 1. The molecule has 0 aliphatic carbocycles. The summed E-state index contributed by atoms with van der Waals surface area (Å²) in [6.45, 7) is 1.76. The number of primary amides is 1. The largest absolute Gasteiger partial charge is 0.428 e. The zero-order chi connectivity index (χ0) is 11.0. The lowest BCUT2D eigenvalue weighted by Crippen LogP contribution is -2.14. The number of amides is 1. The summed E-state index contributed by atoms with van der Waals surface area (Å²) in [5.41, 5.74) is 7.32. The minimum atomic E-state index is -0.394. The van der Waals surface area contributed by atoms with Crippen LogP contribution in [0, 0.1) is 6.92 Å². The SMILES string of the molecule is Cc1c(CC(N)=O)c2ccccc2n1O. The molecule has 3 N–H and O–H groups in total. The fraction of sp³-hybridized carbons (Fsp3) is 0.182. The van der Waals surface area contributed by atoms with Gasteiger partial charge < -0.3 is 10.9 Å². The van der Waals surface area contributed by atoms with Crippen LogP contribution in [0.1, 0.15) is 11.3 Å². The van der Waals surface area contributed by atoms with E-state index in [0.717, 1.165) is 15.7 Å². The maximum absolute atomic E-state index is 10.9. The maximum Gasteiger partial charge on any atom is 0.221 e. The summed E-state index contributed by atoms with van der Waals surface area (Å²) in [4.78, 5) is 10.9. The summed E-state index contributed by atoms with van der Waals surface area (Å²) in [5.74, 6) is -0.394. The Morgan fingerprint density at radius 3 is 2.80 bits per heavy atom. The standard InChI is InChI=1S/C11H12N2O2/c1-7-9(6-11(12)14)8-4-2-3-5-10(8)13(7)15/h2-5,15H,6H2,1H3,(H2,12,14). The molecule has 4 heteroatoms. The molecule has 1 heterocycles. The van der Waals surface area contributed by atoms with E-state index in [2.05, 4.69) is 0 Å². The van der Waals surface area contributed by atoms with Crippen molar-refractivity contribution in [3.8, 4) is 0 Å². The van der Waals surface area contributed by atoms with Crippen LogP contribution in [0.15, 0.2) is 24.3 Å². The normalized spacial score (nSPS) is 10.7. The first-order valence-corrected chi connectivity index (χ1v) is 4.67. The molecular formula is C11H12N2O2. The zero-order valence-electron chi connectivity index (χ0n) is 8.40. The highest BCUT2D eigenvalue weighted by molar-refractivity contribution is 5.89. The van der Waals surface area contributed by atoms with Crippen LogP contribution in [-0.2, 0) is 11.2 Å². The predicted octanol–water partition coefficient (Wildman–Crippen LogP) is 1.21. The van der Waals surface area contributed by atoms with Crippen molar-refractivity contribution in [3.63, 3.8) is 0 Å². The molecule has 0 saturated carbocycles. The first kappa shape index (κ1) is 9.58. The second-order valence-corrected chi connectivity index (χ2v) is 3.54. The molecule has 0 aliphatic heterocycles. The highest BCUT2D eigenvalue weighted by Gasteiger charge is 2.14. The molecule has 1 aromatic carbocycles. The number of nitrogens with two attached hydrogens (primary N) is 1. The van der Waals surface area contributed by atoms with Gasteiger partial charge >= 0.3 is 0 Å². The third-order valence-electron chi connectivity index (χ3n) is 2.56. The Morgan fingerprint density at radius 1 is 1.47 bits per heavy atom. The van der Waals surface area contributed by atoms with Crippen LogP contribution in [0.3, 0.4) is 0 Å². The van der Waals surface area contributed by atoms with Crippen LogP contribution in [0.5, 0.6) is 0 Å². The topological polar surface area (TPSA) is 68.2 Å². The van der Waals surface area contributed by atoms with Crippen molar-refractivity contribution in [2.75, 3.05) is 0 Å². The molecule has 0 fully saturated rings. The monoisotopic (exact) mass is 204 g/mol. The van der Waals surface area contributed by atoms with E-state index < -0.39 is 5.91 Å². The third kappa shape index (κ3) is 1.44. The Hall–Kier alpha value is -1.97. The van der Waals surface area contributed by atoms with Gasteiger partial charge in [-0.2, -0.15) is 4.73 Å². The summed E-state index contributed by atoms with van der Waals surface area (Å²) in [5, 5.41) is 10.6. The highest BCUT2D eigenvalue weighted by Crippen LogP contribution is 2.24. The van der Waals surface area contributed by atoms with E-state index in [1.165, 1.54) is 0 Å². The Bertz CT molecular complexity index is 529. The van der Waals surface area contributed by atoms with Crippen molar-refractivity contribution < 1.29 is 10.0 Å². The van der Waals surface area contributed by atoms with Gasteiger partial charge in [-0.25, -0.2) is 0 Å². The van der Waals surface area contributed by atoms with Crippen molar-refractivity contribution >= 4 is 16.8 Å². The molecular weight excluding hydrogens is 192 g/mol. The smallest absolute Gasteiger partial charge is 0.221 e. The van der Waals surface area contributed by atoms with E-state index >= 15 is 0 Å². The Labute approximate surface area is 86.9 Å². The first-order chi connectivity index (χ1) is 7.11. The molecule has 78 valence electrons. The van der Waals surface area contributed by atoms with E-state index in [4.69, 9.17) is 5.73 Å². The predicted molar refractivity (Wildman–Crippen MR) is 56.8 cm³/mol. The number of rotatable bonds is 2. The molecule has 2 aromatic rings. The van der Waals surface area contributed by atoms with E-state index in [1.54, 1.807) is 13.0 Å². The average molecular weight is 204 g/mol. The van der Waals surface area contributed by atoms with E-state index in [0.29, 0.717) is 11.2 Å². The van der Waals surface area contributed by atoms with Gasteiger partial charge in [0, 0.05) is 5.39 Å². The number of fused-ring (bicyclic) bond motifs is 1. The zero-order valence-corrected chi connectivity index (χ0v) is 8.40. The minimum absolute atomic E-state index is 0.153. The van der Waals surface area contributed by atoms with Gasteiger partial charge in [0.2, 0.25) is 5.91 Å². The number of hydrogen-bond donors (Lipinski definition) is 2. The van der Waals surface area contributed by atoms with Crippen LogP contribution < -0.4 is 5.73 Å². The Balaban J connectivity index is 2.72. The average Bonchev–Trinajstić information content (AvgIpc) is 2.44. The summed E-state index contributed by atoms with van der Waals surface area (Å²) in [6.07, 6.45) is 0.153. The van der Waals surface area contributed by atoms with Gasteiger partial charge in [-0.1, -0.05) is 18.2 Å². The van der Waals surface area contributed by atoms with Crippen molar-refractivity contribution in [1.29, 1.82) is 0 Å². The lowest BCUT2D eigenvalue weighted by Gasteiger charge is -1.97. The van der Waals surface area contributed by atoms with Gasteiger partial charge in [0.15, 0.2) is 0 Å². The van der Waals surface area contributed by atoms with Crippen molar-refractivity contribution in [2.45, 2.75) is 13.3 Å². The number of nitrogens with zero attached hydrogens (tertiary/aromatic N) is 1. The molecule has 4 nitrogen and oxygen atoms in total. The maximum atomic E-state index is 10.9. The number of benzene rings is 1. The summed E-state index contributed by atoms with van der Waals surface area (Å²) >= 11 is 0. The van der Waals surface area contributed by atoms with Gasteiger partial charge in [0.1, 0.15) is 0 Å². The number of carbonyl (C=O) groups excluding carboxylic acids is 1. The van der Waals surface area contributed by atoms with Gasteiger partial charge in [0.25, 0.3) is 0 Å². The molecule has 1 aromatic heterocycles. The third-order valence-corrected chi connectivity index (χ3v) is 2.56. The van der Waals surface area contributed by atoms with Crippen LogP contribution in [0.2, 0.25) is 0 Å². The van der Waals surface area contributed by atoms with E-state index in [1.807, 2.05) is 18.2 Å². The molecule has 0 unspecified atom stereocenters. The number of aromatic nitrogens is 1. The quantitative estimate of drug-likeness (QED) is 0.722. The van der Waals surface area contributed by atoms with Gasteiger partial charge in [-0.05, 0) is 18.6 Å². The molecule has 0 bridgehead atoms. The number of hydrogen-bond acceptors (Lipinski definition) is 2. The van der Waals surface area contributed by atoms with Crippen LogP contribution in [0.4, 0.5) is 0 Å². The second kappa shape index (κ2) is 3.31. The summed E-state index contributed by atoms with van der Waals surface area (Å²) in [7, 11) is 0. The second-order valence-electron chi connectivity index (χ2n) is 3.54. The number of para-hydroxylation sites is 1. The lowest BCUT2D eigenvalue weighted by molar-refractivity contribution is -0.117. The summed E-state index contributed by atoms with van der Waals surface area (Å²) in [6, 6.07) is 7.37. The summed E-state index contributed by atoms with van der Waals surface area (Å²) < 4.78 is 1.09. The molecule has 15 heavy (non-hydrogen) atoms. The highest BCUT2D eigenvalue weighted by atomic mass is 16.5. The fourth-order valence-corrected chi connectivity index (χ4v) is 1.81. The van der Waals surface area contributed by atoms with Crippen molar-refractivity contribution in [2.24, 2.45) is 5.73 Å². The molecule has 0 atom stereocenters. The molecule has 0 radical (unpaired) electrons. The van der Waals surface area contributed by atoms with Crippen molar-refractivity contribution in [3.05, 3.63) is 35.5 Å². The van der Waals surface area contributed by atoms with E-state index in [-0.39, 0.29) is 6.42 Å². The lowest BCUT2D eigenvalue weighted by atomic mass is 10.1. The first-order valence-electron chi connectivity index (χ1n) is 4.67. The van der Waals surface area contributed by atoms with Crippen LogP contribution in [-0.4, -0.2) is 15.8 Å². The van der Waals surface area contributed by atoms with Crippen molar-refractivity contribution in [1.82, 2.24) is 4.73 Å². The van der Waals surface area contributed by atoms with Gasteiger partial charge in [0.05, 0.1) is 17.6 Å². The minimum Gasteiger partial charge on any atom is -0.428 e. The molecule has 0 spiro atoms. The molecule has 0 saturated heterocycles. The van der Waals surface area contributed by atoms with Gasteiger partial charge in [-0.3, -0.25) is 4.79 Å².